The summed E-state index contributed by atoms with van der Waals surface area (Å²) in [5.74, 6) is 5.55. The molecule has 2 unspecified atom stereocenters. The number of hydrogen-bond donors (Lipinski definition) is 2. The molecule has 1 rings (SSSR count). The van der Waals surface area contributed by atoms with Crippen LogP contribution in [-0.2, 0) is 16.0 Å². The second-order valence-corrected chi connectivity index (χ2v) is 6.93. The number of benzene rings is 1. The van der Waals surface area contributed by atoms with Crippen LogP contribution in [0.5, 0.6) is 5.75 Å². The van der Waals surface area contributed by atoms with Gasteiger partial charge >= 0.3 is 0 Å². The van der Waals surface area contributed by atoms with Crippen LogP contribution in [-0.4, -0.2) is 27.5 Å². The summed E-state index contributed by atoms with van der Waals surface area (Å²) in [4.78, 5) is 12.4. The molecule has 0 bridgehead atoms. The first-order valence-electron chi connectivity index (χ1n) is 8.11. The van der Waals surface area contributed by atoms with Gasteiger partial charge in [-0.05, 0) is 48.8 Å². The Morgan fingerprint density at radius 3 is 2.62 bits per heavy atom. The van der Waals surface area contributed by atoms with E-state index in [1.807, 2.05) is 0 Å². The van der Waals surface area contributed by atoms with Crippen molar-refractivity contribution in [2.75, 3.05) is 6.61 Å². The highest BCUT2D eigenvalue weighted by Gasteiger charge is 2.31. The zero-order chi connectivity index (χ0) is 17.8. The van der Waals surface area contributed by atoms with Crippen LogP contribution in [0.1, 0.15) is 46.0 Å². The van der Waals surface area contributed by atoms with Crippen LogP contribution in [0.4, 0.5) is 0 Å². The predicted molar refractivity (Wildman–Crippen MR) is 94.3 cm³/mol. The van der Waals surface area contributed by atoms with Crippen LogP contribution in [0.25, 0.3) is 0 Å². The van der Waals surface area contributed by atoms with Gasteiger partial charge in [0.25, 0.3) is 5.91 Å². The van der Waals surface area contributed by atoms with Gasteiger partial charge in [-0.15, -0.1) is 5.92 Å². The molecule has 0 fully saturated rings. The highest BCUT2D eigenvalue weighted by Crippen LogP contribution is 2.23. The third kappa shape index (κ3) is 6.83. The number of carbonyl (C=O) groups is 1. The molecule has 5 nitrogen and oxygen atoms in total. The quantitative estimate of drug-likeness (QED) is 0.223. The first-order valence-corrected chi connectivity index (χ1v) is 9.32. The minimum Gasteiger partial charge on any atom is -0.611 e. The van der Waals surface area contributed by atoms with E-state index in [4.69, 9.17) is 9.94 Å². The molecule has 0 saturated heterocycles. The fourth-order valence-corrected chi connectivity index (χ4v) is 3.55. The van der Waals surface area contributed by atoms with Gasteiger partial charge in [0.2, 0.25) is 5.25 Å². The Kier molecular flexibility index (Phi) is 10.0. The van der Waals surface area contributed by atoms with Crippen molar-refractivity contribution >= 4 is 17.1 Å². The maximum absolute atomic E-state index is 12.7. The fourth-order valence-electron chi connectivity index (χ4n) is 2.19. The topological polar surface area (TPSA) is 81.6 Å². The van der Waals surface area contributed by atoms with E-state index >= 15 is 0 Å². The molecule has 24 heavy (non-hydrogen) atoms. The summed E-state index contributed by atoms with van der Waals surface area (Å²) in [6.07, 6.45) is 4.42. The van der Waals surface area contributed by atoms with E-state index in [1.54, 1.807) is 36.7 Å². The largest absolute Gasteiger partial charge is 0.611 e. The van der Waals surface area contributed by atoms with E-state index in [0.29, 0.717) is 23.7 Å². The Hall–Kier alpha value is -1.68. The van der Waals surface area contributed by atoms with Gasteiger partial charge in [-0.3, -0.25) is 10.0 Å². The average Bonchev–Trinajstić information content (AvgIpc) is 2.61. The number of hydroxylamine groups is 1. The Balaban J connectivity index is 2.71. The number of amides is 1. The van der Waals surface area contributed by atoms with Crippen molar-refractivity contribution in [1.29, 1.82) is 0 Å². The normalized spacial score (nSPS) is 12.7. The maximum Gasteiger partial charge on any atom is 0.296 e. The summed E-state index contributed by atoms with van der Waals surface area (Å²) in [6, 6.07) is 6.76. The standard InChI is InChI=1S/C18H25NO4S/c1-3-5-7-8-9-17(18(20)19-21)24(22)16-12-10-15(11-13-16)23-14-6-4-2/h10-13,17,21H,3,5,7-9,14H2,1-2H3,(H,19,20). The van der Waals surface area contributed by atoms with Gasteiger partial charge < -0.3 is 9.29 Å². The molecule has 132 valence electrons. The number of ether oxygens (including phenoxy) is 1. The summed E-state index contributed by atoms with van der Waals surface area (Å²) in [5, 5.41) is 8.14. The van der Waals surface area contributed by atoms with Crippen molar-refractivity contribution in [3.8, 4) is 17.6 Å². The third-order valence-corrected chi connectivity index (χ3v) is 5.23. The average molecular weight is 351 g/mol. The maximum atomic E-state index is 12.7. The molecule has 2 atom stereocenters. The Bertz CT molecular complexity index is 550. The van der Waals surface area contributed by atoms with Gasteiger partial charge in [-0.25, -0.2) is 5.48 Å². The molecule has 0 aliphatic carbocycles. The van der Waals surface area contributed by atoms with E-state index in [1.165, 1.54) is 0 Å². The van der Waals surface area contributed by atoms with Crippen molar-refractivity contribution < 1.29 is 19.3 Å². The predicted octanol–water partition coefficient (Wildman–Crippen LogP) is 3.04. The second-order valence-electron chi connectivity index (χ2n) is 5.30. The van der Waals surface area contributed by atoms with Crippen LogP contribution in [0, 0.1) is 11.8 Å². The molecule has 0 spiro atoms. The van der Waals surface area contributed by atoms with Crippen molar-refractivity contribution in [1.82, 2.24) is 5.48 Å². The van der Waals surface area contributed by atoms with Gasteiger partial charge in [-0.2, -0.15) is 0 Å². The van der Waals surface area contributed by atoms with Crippen molar-refractivity contribution in [2.24, 2.45) is 0 Å². The molecular formula is C18H25NO4S. The van der Waals surface area contributed by atoms with Crippen LogP contribution in [0.3, 0.4) is 0 Å². The van der Waals surface area contributed by atoms with Gasteiger partial charge in [-0.1, -0.05) is 32.1 Å². The van der Waals surface area contributed by atoms with E-state index < -0.39 is 22.3 Å². The lowest BCUT2D eigenvalue weighted by molar-refractivity contribution is -0.128. The van der Waals surface area contributed by atoms with Crippen LogP contribution in [0.15, 0.2) is 29.2 Å². The van der Waals surface area contributed by atoms with Gasteiger partial charge in [0, 0.05) is 6.42 Å². The van der Waals surface area contributed by atoms with Crippen molar-refractivity contribution in [3.05, 3.63) is 24.3 Å². The van der Waals surface area contributed by atoms with E-state index in [-0.39, 0.29) is 0 Å². The molecule has 0 aliphatic heterocycles. The highest BCUT2D eigenvalue weighted by molar-refractivity contribution is 7.92. The molecular weight excluding hydrogens is 326 g/mol. The third-order valence-electron chi connectivity index (χ3n) is 3.52. The van der Waals surface area contributed by atoms with Crippen molar-refractivity contribution in [2.45, 2.75) is 56.1 Å². The smallest absolute Gasteiger partial charge is 0.296 e. The highest BCUT2D eigenvalue weighted by atomic mass is 32.2. The zero-order valence-electron chi connectivity index (χ0n) is 14.2. The molecule has 0 aromatic heterocycles. The molecule has 1 aromatic carbocycles. The summed E-state index contributed by atoms with van der Waals surface area (Å²) >= 11 is -1.53. The van der Waals surface area contributed by atoms with Crippen LogP contribution >= 0.6 is 0 Å². The Morgan fingerprint density at radius 2 is 2.04 bits per heavy atom. The lowest BCUT2D eigenvalue weighted by atomic mass is 10.1. The number of unbranched alkanes of at least 4 members (excludes halogenated alkanes) is 3. The van der Waals surface area contributed by atoms with E-state index in [0.717, 1.165) is 25.7 Å². The summed E-state index contributed by atoms with van der Waals surface area (Å²) in [5.41, 5.74) is 1.63. The monoisotopic (exact) mass is 351 g/mol. The molecule has 0 aliphatic rings. The van der Waals surface area contributed by atoms with E-state index in [2.05, 4.69) is 18.8 Å². The summed E-state index contributed by atoms with van der Waals surface area (Å²) in [7, 11) is 0. The molecule has 1 amide bonds. The minimum absolute atomic E-state index is 0.298. The number of nitrogens with one attached hydrogen (secondary N) is 1. The first-order chi connectivity index (χ1) is 11.6. The fraction of sp³-hybridized carbons (Fsp3) is 0.500. The molecule has 0 radical (unpaired) electrons. The summed E-state index contributed by atoms with van der Waals surface area (Å²) in [6.45, 7) is 4.14. The number of carbonyl (C=O) groups excluding carboxylic acids is 1. The molecule has 2 N–H and O–H groups in total. The Labute approximate surface area is 146 Å². The second kappa shape index (κ2) is 11.8. The minimum atomic E-state index is -1.53. The lowest BCUT2D eigenvalue weighted by Gasteiger charge is -2.19. The van der Waals surface area contributed by atoms with Gasteiger partial charge in [0.15, 0.2) is 4.90 Å². The lowest BCUT2D eigenvalue weighted by Crippen LogP contribution is -2.38. The van der Waals surface area contributed by atoms with Crippen molar-refractivity contribution in [3.63, 3.8) is 0 Å². The SMILES string of the molecule is CC#CCOc1ccc([S+]([O-])C(CCCCCC)C(=O)NO)cc1. The molecule has 0 heterocycles. The van der Waals surface area contributed by atoms with E-state index in [9.17, 15) is 9.35 Å². The van der Waals surface area contributed by atoms with Crippen LogP contribution in [0.2, 0.25) is 0 Å². The number of rotatable bonds is 10. The Morgan fingerprint density at radius 1 is 1.33 bits per heavy atom. The first kappa shape index (κ1) is 20.4. The zero-order valence-corrected chi connectivity index (χ0v) is 15.0. The molecule has 6 heteroatoms. The molecule has 1 aromatic rings. The van der Waals surface area contributed by atoms with Crippen LogP contribution < -0.4 is 10.2 Å². The van der Waals surface area contributed by atoms with Gasteiger partial charge in [0.1, 0.15) is 12.4 Å². The summed E-state index contributed by atoms with van der Waals surface area (Å²) < 4.78 is 18.1. The van der Waals surface area contributed by atoms with Gasteiger partial charge in [0.05, 0.1) is 0 Å². The molecule has 0 saturated carbocycles. The number of hydrogen-bond acceptors (Lipinski definition) is 4.